The number of hydrogen-bond donors (Lipinski definition) is 3. The van der Waals surface area contributed by atoms with E-state index in [2.05, 4.69) is 27.1 Å². The van der Waals surface area contributed by atoms with Gasteiger partial charge in [-0.3, -0.25) is 0 Å². The molecule has 1 atom stereocenters. The summed E-state index contributed by atoms with van der Waals surface area (Å²) in [4.78, 5) is 11.3. The highest BCUT2D eigenvalue weighted by Crippen LogP contribution is 2.44. The highest BCUT2D eigenvalue weighted by molar-refractivity contribution is 5.85. The topological polar surface area (TPSA) is 93.1 Å². The lowest BCUT2D eigenvalue weighted by atomic mass is 10.0. The predicted octanol–water partition coefficient (Wildman–Crippen LogP) is 4.24. The fraction of sp³-hybridized carbons (Fsp3) is 0.524. The maximum Gasteiger partial charge on any atom is 0.419 e. The second kappa shape index (κ2) is 10.3. The van der Waals surface area contributed by atoms with E-state index in [0.29, 0.717) is 6.04 Å². The fourth-order valence-electron chi connectivity index (χ4n) is 4.43. The first-order valence-corrected chi connectivity index (χ1v) is 10.4. The molecule has 5 N–H and O–H groups in total. The number of hydrogen-bond acceptors (Lipinski definition) is 6. The highest BCUT2D eigenvalue weighted by atomic mass is 35.5. The average Bonchev–Trinajstić information content (AvgIpc) is 3.35. The van der Waals surface area contributed by atoms with Crippen molar-refractivity contribution in [2.75, 3.05) is 36.0 Å². The van der Waals surface area contributed by atoms with Crippen molar-refractivity contribution in [2.45, 2.75) is 51.2 Å². The number of benzene rings is 1. The van der Waals surface area contributed by atoms with Crippen LogP contribution in [0.4, 0.5) is 30.4 Å². The van der Waals surface area contributed by atoms with Crippen molar-refractivity contribution in [1.82, 2.24) is 15.3 Å². The van der Waals surface area contributed by atoms with Crippen LogP contribution in [0.1, 0.15) is 43.0 Å². The molecule has 0 spiro atoms. The van der Waals surface area contributed by atoms with Crippen molar-refractivity contribution < 1.29 is 13.2 Å². The Kier molecular flexibility index (Phi) is 8.47. The standard InChI is InChI=1S/C21H27F3N6.2ClH/c1-2-9-27-12-8-10-30(11-12)20-13-4-3-5-16(13)28-19(29-20)17-14(25)6-7-15(26)18(17)21(22,23)24;;/h6-7,12,27H,2-5,8-11,25-26H2,1H3;2*1H. The van der Waals surface area contributed by atoms with Gasteiger partial charge in [0, 0.05) is 41.8 Å². The fourth-order valence-corrected chi connectivity index (χ4v) is 4.43. The molecule has 0 amide bonds. The molecular weight excluding hydrogens is 464 g/mol. The number of aromatic nitrogens is 2. The Bertz CT molecular complexity index is 954. The van der Waals surface area contributed by atoms with Gasteiger partial charge in [-0.1, -0.05) is 6.92 Å². The predicted molar refractivity (Wildman–Crippen MR) is 127 cm³/mol. The van der Waals surface area contributed by atoms with Crippen LogP contribution < -0.4 is 21.7 Å². The molecule has 1 saturated heterocycles. The van der Waals surface area contributed by atoms with Gasteiger partial charge in [0.1, 0.15) is 5.82 Å². The van der Waals surface area contributed by atoms with Crippen molar-refractivity contribution in [3.63, 3.8) is 0 Å². The average molecular weight is 493 g/mol. The largest absolute Gasteiger partial charge is 0.419 e. The van der Waals surface area contributed by atoms with E-state index in [1.807, 2.05) is 0 Å². The molecule has 1 aliphatic heterocycles. The molecule has 0 radical (unpaired) electrons. The van der Waals surface area contributed by atoms with Crippen LogP contribution >= 0.6 is 24.8 Å². The molecule has 2 aromatic rings. The Morgan fingerprint density at radius 1 is 1.12 bits per heavy atom. The number of rotatable bonds is 5. The van der Waals surface area contributed by atoms with Gasteiger partial charge in [0.25, 0.3) is 0 Å². The molecule has 1 aromatic carbocycles. The molecule has 1 fully saturated rings. The smallest absolute Gasteiger partial charge is 0.398 e. The van der Waals surface area contributed by atoms with Crippen LogP contribution in [0.25, 0.3) is 11.4 Å². The third-order valence-corrected chi connectivity index (χ3v) is 5.86. The van der Waals surface area contributed by atoms with Gasteiger partial charge < -0.3 is 21.7 Å². The summed E-state index contributed by atoms with van der Waals surface area (Å²) in [7, 11) is 0. The van der Waals surface area contributed by atoms with Gasteiger partial charge in [0.05, 0.1) is 11.1 Å². The maximum absolute atomic E-state index is 13.8. The summed E-state index contributed by atoms with van der Waals surface area (Å²) in [5, 5.41) is 3.52. The summed E-state index contributed by atoms with van der Waals surface area (Å²) in [6, 6.07) is 2.92. The Morgan fingerprint density at radius 3 is 2.53 bits per heavy atom. The lowest BCUT2D eigenvalue weighted by molar-refractivity contribution is -0.136. The minimum atomic E-state index is -4.65. The van der Waals surface area contributed by atoms with Crippen LogP contribution in [0.5, 0.6) is 0 Å². The van der Waals surface area contributed by atoms with E-state index in [1.54, 1.807) is 0 Å². The number of nitrogens with two attached hydrogens (primary N) is 2. The maximum atomic E-state index is 13.8. The zero-order chi connectivity index (χ0) is 21.5. The van der Waals surface area contributed by atoms with Crippen LogP contribution in [0, 0.1) is 0 Å². The quantitative estimate of drug-likeness (QED) is 0.540. The van der Waals surface area contributed by atoms with E-state index < -0.39 is 11.7 Å². The number of nitrogen functional groups attached to an aromatic ring is 2. The molecule has 2 heterocycles. The van der Waals surface area contributed by atoms with Gasteiger partial charge in [0.2, 0.25) is 0 Å². The number of halogens is 5. The van der Waals surface area contributed by atoms with Crippen LogP contribution in [0.15, 0.2) is 12.1 Å². The molecular formula is C21H29Cl2F3N6. The molecule has 1 aromatic heterocycles. The van der Waals surface area contributed by atoms with Gasteiger partial charge >= 0.3 is 6.18 Å². The number of nitrogens with one attached hydrogen (secondary N) is 1. The van der Waals surface area contributed by atoms with Gasteiger partial charge in [0.15, 0.2) is 5.82 Å². The number of aryl methyl sites for hydroxylation is 1. The summed E-state index contributed by atoms with van der Waals surface area (Å²) >= 11 is 0. The first-order valence-electron chi connectivity index (χ1n) is 10.4. The Balaban J connectivity index is 0.00000181. The zero-order valence-corrected chi connectivity index (χ0v) is 19.5. The van der Waals surface area contributed by atoms with Gasteiger partial charge in [-0.2, -0.15) is 13.2 Å². The molecule has 0 saturated carbocycles. The van der Waals surface area contributed by atoms with E-state index in [0.717, 1.165) is 68.8 Å². The van der Waals surface area contributed by atoms with Gasteiger partial charge in [-0.15, -0.1) is 24.8 Å². The lowest BCUT2D eigenvalue weighted by Crippen LogP contribution is -2.33. The summed E-state index contributed by atoms with van der Waals surface area (Å²) in [5.74, 6) is 0.746. The van der Waals surface area contributed by atoms with E-state index >= 15 is 0 Å². The Hall–Kier alpha value is -1.97. The van der Waals surface area contributed by atoms with Crippen LogP contribution in [-0.2, 0) is 19.0 Å². The van der Waals surface area contributed by atoms with Crippen molar-refractivity contribution in [3.05, 3.63) is 29.0 Å². The summed E-state index contributed by atoms with van der Waals surface area (Å²) in [6.45, 7) is 4.65. The van der Waals surface area contributed by atoms with Crippen molar-refractivity contribution in [2.24, 2.45) is 0 Å². The Morgan fingerprint density at radius 2 is 1.84 bits per heavy atom. The monoisotopic (exact) mass is 492 g/mol. The number of alkyl halides is 3. The third-order valence-electron chi connectivity index (χ3n) is 5.86. The molecule has 2 aliphatic rings. The van der Waals surface area contributed by atoms with E-state index in [4.69, 9.17) is 11.5 Å². The first-order chi connectivity index (χ1) is 14.3. The van der Waals surface area contributed by atoms with Crippen molar-refractivity contribution >= 4 is 42.0 Å². The minimum Gasteiger partial charge on any atom is -0.398 e. The summed E-state index contributed by atoms with van der Waals surface area (Å²) in [5.41, 5.74) is 12.0. The van der Waals surface area contributed by atoms with Gasteiger partial charge in [-0.25, -0.2) is 9.97 Å². The van der Waals surface area contributed by atoms with Crippen LogP contribution in [0.2, 0.25) is 0 Å². The van der Waals surface area contributed by atoms with Crippen LogP contribution in [-0.4, -0.2) is 35.6 Å². The molecule has 1 unspecified atom stereocenters. The first kappa shape index (κ1) is 26.3. The SMILES string of the molecule is CCCNC1CCN(c2nc(-c3c(N)ccc(N)c3C(F)(F)F)nc3c2CCC3)C1.Cl.Cl. The molecule has 0 bridgehead atoms. The van der Waals surface area contributed by atoms with E-state index in [1.165, 1.54) is 12.1 Å². The van der Waals surface area contributed by atoms with Crippen molar-refractivity contribution in [3.8, 4) is 11.4 Å². The van der Waals surface area contributed by atoms with E-state index in [-0.39, 0.29) is 47.6 Å². The zero-order valence-electron chi connectivity index (χ0n) is 17.8. The summed E-state index contributed by atoms with van der Waals surface area (Å²) < 4.78 is 41.4. The second-order valence-corrected chi connectivity index (χ2v) is 8.03. The van der Waals surface area contributed by atoms with E-state index in [9.17, 15) is 13.2 Å². The molecule has 32 heavy (non-hydrogen) atoms. The molecule has 6 nitrogen and oxygen atoms in total. The highest BCUT2D eigenvalue weighted by Gasteiger charge is 2.39. The molecule has 4 rings (SSSR count). The second-order valence-electron chi connectivity index (χ2n) is 8.03. The van der Waals surface area contributed by atoms with Crippen molar-refractivity contribution in [1.29, 1.82) is 0 Å². The van der Waals surface area contributed by atoms with Gasteiger partial charge in [-0.05, 0) is 50.8 Å². The third kappa shape index (κ3) is 5.00. The number of nitrogens with zero attached hydrogens (tertiary/aromatic N) is 3. The molecule has 11 heteroatoms. The van der Waals surface area contributed by atoms with Crippen LogP contribution in [0.3, 0.4) is 0 Å². The number of fused-ring (bicyclic) bond motifs is 1. The minimum absolute atomic E-state index is 0. The lowest BCUT2D eigenvalue weighted by Gasteiger charge is -2.23. The summed E-state index contributed by atoms with van der Waals surface area (Å²) in [6.07, 6.45) is -0.134. The number of anilines is 3. The molecule has 1 aliphatic carbocycles. The normalized spacial score (nSPS) is 17.6. The Labute approximate surface area is 198 Å². The molecule has 178 valence electrons.